The molecule has 8 nitrogen and oxygen atoms in total. The van der Waals surface area contributed by atoms with E-state index >= 15 is 0 Å². The van der Waals surface area contributed by atoms with E-state index in [1.807, 2.05) is 13.8 Å². The Morgan fingerprint density at radius 3 is 2.66 bits per heavy atom. The Morgan fingerprint density at radius 2 is 2.03 bits per heavy atom. The number of amides is 1. The molecule has 2 aromatic heterocycles. The Morgan fingerprint density at radius 1 is 1.31 bits per heavy atom. The number of nitrogens with one attached hydrogen (secondary N) is 1. The molecule has 1 aromatic carbocycles. The Balaban J connectivity index is 2.07. The van der Waals surface area contributed by atoms with E-state index in [0.717, 1.165) is 15.7 Å². The molecular formula is C20H21ClN4O4. The van der Waals surface area contributed by atoms with Crippen LogP contribution in [0.15, 0.2) is 34.0 Å². The van der Waals surface area contributed by atoms with Gasteiger partial charge in [-0.05, 0) is 31.0 Å². The fourth-order valence-corrected chi connectivity index (χ4v) is 3.28. The van der Waals surface area contributed by atoms with E-state index in [2.05, 4.69) is 10.3 Å². The minimum Gasteiger partial charge on any atom is -0.495 e. The smallest absolute Gasteiger partial charge is 0.332 e. The van der Waals surface area contributed by atoms with Crippen molar-refractivity contribution in [2.24, 2.45) is 7.05 Å². The summed E-state index contributed by atoms with van der Waals surface area (Å²) in [4.78, 5) is 42.5. The molecular weight excluding hydrogens is 396 g/mol. The van der Waals surface area contributed by atoms with Crippen LogP contribution in [0.2, 0.25) is 5.02 Å². The number of hydrogen-bond acceptors (Lipinski definition) is 5. The van der Waals surface area contributed by atoms with Crippen molar-refractivity contribution >= 4 is 34.2 Å². The highest BCUT2D eigenvalue weighted by Crippen LogP contribution is 2.25. The van der Waals surface area contributed by atoms with Gasteiger partial charge in [0.15, 0.2) is 5.65 Å². The number of nitrogens with zero attached hydrogens (tertiary/aromatic N) is 3. The third-order valence-corrected chi connectivity index (χ3v) is 5.13. The minimum atomic E-state index is -0.640. The first-order valence-corrected chi connectivity index (χ1v) is 9.37. The van der Waals surface area contributed by atoms with Gasteiger partial charge in [-0.2, -0.15) is 0 Å². The molecule has 0 spiro atoms. The molecule has 3 aromatic rings. The van der Waals surface area contributed by atoms with E-state index in [0.29, 0.717) is 22.9 Å². The van der Waals surface area contributed by atoms with Gasteiger partial charge in [0, 0.05) is 29.5 Å². The van der Waals surface area contributed by atoms with Gasteiger partial charge in [-0.1, -0.05) is 24.6 Å². The van der Waals surface area contributed by atoms with Gasteiger partial charge >= 0.3 is 5.69 Å². The number of aryl methyl sites for hydroxylation is 3. The number of ether oxygens (including phenoxy) is 1. The van der Waals surface area contributed by atoms with Crippen LogP contribution in [-0.2, 0) is 24.8 Å². The number of carbonyl (C=O) groups is 1. The molecule has 152 valence electrons. The highest BCUT2D eigenvalue weighted by atomic mass is 35.5. The molecule has 0 aliphatic heterocycles. The van der Waals surface area contributed by atoms with Crippen molar-refractivity contribution in [1.82, 2.24) is 14.1 Å². The highest BCUT2D eigenvalue weighted by Gasteiger charge is 2.20. The van der Waals surface area contributed by atoms with Crippen LogP contribution in [0.1, 0.15) is 18.1 Å². The fraction of sp³-hybridized carbons (Fsp3) is 0.300. The van der Waals surface area contributed by atoms with E-state index in [1.165, 1.54) is 18.7 Å². The molecule has 0 fully saturated rings. The molecule has 0 unspecified atom stereocenters. The SMILES string of the molecule is CCc1cnc2c(c1OC)c(=O)n(CC(=O)Nc1ccc(C)c(Cl)c1)c(=O)n2C. The van der Waals surface area contributed by atoms with Gasteiger partial charge in [-0.3, -0.25) is 14.2 Å². The summed E-state index contributed by atoms with van der Waals surface area (Å²) in [7, 11) is 2.95. The second-order valence-corrected chi connectivity index (χ2v) is 7.02. The number of pyridine rings is 1. The van der Waals surface area contributed by atoms with Gasteiger partial charge in [0.2, 0.25) is 5.91 Å². The van der Waals surface area contributed by atoms with Gasteiger partial charge in [0.05, 0.1) is 7.11 Å². The van der Waals surface area contributed by atoms with Crippen molar-refractivity contribution in [2.75, 3.05) is 12.4 Å². The maximum absolute atomic E-state index is 13.1. The maximum Gasteiger partial charge on any atom is 0.332 e. The normalized spacial score (nSPS) is 10.9. The largest absolute Gasteiger partial charge is 0.495 e. The third kappa shape index (κ3) is 3.75. The summed E-state index contributed by atoms with van der Waals surface area (Å²) >= 11 is 6.08. The van der Waals surface area contributed by atoms with E-state index in [-0.39, 0.29) is 11.0 Å². The Kier molecular flexibility index (Phi) is 5.74. The number of carbonyl (C=O) groups excluding carboxylic acids is 1. The molecule has 3 rings (SSSR count). The van der Waals surface area contributed by atoms with Gasteiger partial charge in [-0.25, -0.2) is 14.3 Å². The van der Waals surface area contributed by atoms with E-state index in [9.17, 15) is 14.4 Å². The molecule has 29 heavy (non-hydrogen) atoms. The van der Waals surface area contributed by atoms with Gasteiger partial charge < -0.3 is 10.1 Å². The Hall–Kier alpha value is -3.13. The van der Waals surface area contributed by atoms with E-state index < -0.39 is 23.7 Å². The first-order valence-electron chi connectivity index (χ1n) is 8.99. The second kappa shape index (κ2) is 8.08. The van der Waals surface area contributed by atoms with E-state index in [1.54, 1.807) is 24.4 Å². The fourth-order valence-electron chi connectivity index (χ4n) is 3.10. The molecule has 0 aliphatic rings. The lowest BCUT2D eigenvalue weighted by Gasteiger charge is -2.14. The number of hydrogen-bond donors (Lipinski definition) is 1. The molecule has 2 heterocycles. The van der Waals surface area contributed by atoms with Crippen molar-refractivity contribution < 1.29 is 9.53 Å². The Bertz CT molecular complexity index is 1230. The third-order valence-electron chi connectivity index (χ3n) is 4.72. The lowest BCUT2D eigenvalue weighted by Crippen LogP contribution is -2.42. The number of anilines is 1. The number of rotatable bonds is 5. The molecule has 0 radical (unpaired) electrons. The van der Waals surface area contributed by atoms with Crippen LogP contribution in [0, 0.1) is 6.92 Å². The lowest BCUT2D eigenvalue weighted by atomic mass is 10.1. The first kappa shape index (κ1) is 20.6. The monoisotopic (exact) mass is 416 g/mol. The molecule has 0 saturated heterocycles. The minimum absolute atomic E-state index is 0.167. The highest BCUT2D eigenvalue weighted by molar-refractivity contribution is 6.31. The number of fused-ring (bicyclic) bond motifs is 1. The first-order chi connectivity index (χ1) is 13.8. The summed E-state index contributed by atoms with van der Waals surface area (Å²) < 4.78 is 7.52. The average Bonchev–Trinajstić information content (AvgIpc) is 2.71. The zero-order valence-corrected chi connectivity index (χ0v) is 17.3. The summed E-state index contributed by atoms with van der Waals surface area (Å²) in [6, 6.07) is 5.07. The number of benzene rings is 1. The van der Waals surface area contributed by atoms with Crippen LogP contribution < -0.4 is 21.3 Å². The zero-order chi connectivity index (χ0) is 21.3. The van der Waals surface area contributed by atoms with Gasteiger partial charge in [0.25, 0.3) is 5.56 Å². The van der Waals surface area contributed by atoms with Gasteiger partial charge in [-0.15, -0.1) is 0 Å². The Labute approximate surface area is 171 Å². The predicted octanol–water partition coefficient (Wildman–Crippen LogP) is 2.27. The quantitative estimate of drug-likeness (QED) is 0.688. The van der Waals surface area contributed by atoms with Gasteiger partial charge in [0.1, 0.15) is 17.7 Å². The standard InChI is InChI=1S/C20H21ClN4O4/c1-5-12-9-22-18-16(17(12)29-4)19(27)25(20(28)24(18)3)10-15(26)23-13-7-6-11(2)14(21)8-13/h6-9H,5,10H2,1-4H3,(H,23,26). The van der Waals surface area contributed by atoms with Crippen LogP contribution >= 0.6 is 11.6 Å². The maximum atomic E-state index is 13.1. The molecule has 0 saturated carbocycles. The summed E-state index contributed by atoms with van der Waals surface area (Å²) in [5.74, 6) is -0.167. The van der Waals surface area contributed by atoms with Crippen molar-refractivity contribution in [1.29, 1.82) is 0 Å². The molecule has 1 N–H and O–H groups in total. The summed E-state index contributed by atoms with van der Waals surface area (Å²) in [5.41, 5.74) is 1.02. The molecule has 0 bridgehead atoms. The van der Waals surface area contributed by atoms with Crippen LogP contribution in [-0.4, -0.2) is 27.1 Å². The van der Waals surface area contributed by atoms with Crippen LogP contribution in [0.3, 0.4) is 0 Å². The summed E-state index contributed by atoms with van der Waals surface area (Å²) in [6.07, 6.45) is 2.18. The average molecular weight is 417 g/mol. The van der Waals surface area contributed by atoms with Crippen molar-refractivity contribution in [3.05, 3.63) is 61.4 Å². The molecule has 0 atom stereocenters. The van der Waals surface area contributed by atoms with E-state index in [4.69, 9.17) is 16.3 Å². The van der Waals surface area contributed by atoms with Crippen molar-refractivity contribution in [2.45, 2.75) is 26.8 Å². The molecule has 0 aliphatic carbocycles. The summed E-state index contributed by atoms with van der Waals surface area (Å²) in [5, 5.41) is 3.32. The number of aromatic nitrogens is 3. The lowest BCUT2D eigenvalue weighted by molar-refractivity contribution is -0.116. The van der Waals surface area contributed by atoms with Crippen molar-refractivity contribution in [3.63, 3.8) is 0 Å². The number of methoxy groups -OCH3 is 1. The van der Waals surface area contributed by atoms with Crippen molar-refractivity contribution in [3.8, 4) is 5.75 Å². The second-order valence-electron chi connectivity index (χ2n) is 6.61. The van der Waals surface area contributed by atoms with Crippen LogP contribution in [0.25, 0.3) is 11.0 Å². The predicted molar refractivity (Wildman–Crippen MR) is 112 cm³/mol. The zero-order valence-electron chi connectivity index (χ0n) is 16.6. The molecule has 1 amide bonds. The summed E-state index contributed by atoms with van der Waals surface area (Å²) in [6.45, 7) is 3.30. The number of halogens is 1. The topological polar surface area (TPSA) is 95.2 Å². The molecule has 9 heteroatoms. The van der Waals surface area contributed by atoms with Crippen LogP contribution in [0.4, 0.5) is 5.69 Å². The van der Waals surface area contributed by atoms with Crippen LogP contribution in [0.5, 0.6) is 5.75 Å².